The fourth-order valence-electron chi connectivity index (χ4n) is 2.18. The van der Waals surface area contributed by atoms with E-state index in [0.29, 0.717) is 5.69 Å². The number of hydrogen-bond acceptors (Lipinski definition) is 3. The van der Waals surface area contributed by atoms with Crippen LogP contribution in [-0.2, 0) is 11.0 Å². The Kier molecular flexibility index (Phi) is 3.40. The molecule has 1 saturated heterocycles. The van der Waals surface area contributed by atoms with Crippen molar-refractivity contribution in [2.75, 3.05) is 11.4 Å². The maximum Gasteiger partial charge on any atom is 0.416 e. The second-order valence-electron chi connectivity index (χ2n) is 4.44. The molecule has 1 heterocycles. The van der Waals surface area contributed by atoms with Crippen LogP contribution in [0.4, 0.5) is 18.9 Å². The lowest BCUT2D eigenvalue weighted by Crippen LogP contribution is -2.35. The van der Waals surface area contributed by atoms with Crippen LogP contribution < -0.4 is 4.90 Å². The zero-order valence-electron chi connectivity index (χ0n) is 9.76. The number of aliphatic carboxylic acids is 1. The van der Waals surface area contributed by atoms with E-state index in [1.807, 2.05) is 0 Å². The standard InChI is InChI=1S/C12H12F3NO3/c13-12(14,15)7-1-3-8(4-2-7)16-6-9(17)5-10(16)11(18)19/h1-4,9-10,17H,5-6H2,(H,18,19). The van der Waals surface area contributed by atoms with E-state index in [2.05, 4.69) is 0 Å². The van der Waals surface area contributed by atoms with Crippen molar-refractivity contribution in [3.05, 3.63) is 29.8 Å². The Morgan fingerprint density at radius 1 is 1.26 bits per heavy atom. The van der Waals surface area contributed by atoms with Crippen LogP contribution in [0.5, 0.6) is 0 Å². The third-order valence-corrected chi connectivity index (χ3v) is 3.09. The summed E-state index contributed by atoms with van der Waals surface area (Å²) in [5.74, 6) is -1.10. The molecule has 0 aliphatic carbocycles. The molecule has 7 heteroatoms. The highest BCUT2D eigenvalue weighted by Gasteiger charge is 2.36. The molecule has 0 saturated carbocycles. The number of β-amino-alcohol motifs (C(OH)–C–C–N with tert-alkyl or cyclic N) is 1. The summed E-state index contributed by atoms with van der Waals surface area (Å²) in [6, 6.07) is 3.33. The highest BCUT2D eigenvalue weighted by molar-refractivity contribution is 5.79. The van der Waals surface area contributed by atoms with Gasteiger partial charge in [-0.25, -0.2) is 4.79 Å². The van der Waals surface area contributed by atoms with E-state index in [1.54, 1.807) is 0 Å². The van der Waals surface area contributed by atoms with E-state index in [4.69, 9.17) is 5.11 Å². The second kappa shape index (κ2) is 4.73. The van der Waals surface area contributed by atoms with Gasteiger partial charge in [0, 0.05) is 18.7 Å². The molecule has 2 N–H and O–H groups in total. The Balaban J connectivity index is 2.24. The Hall–Kier alpha value is -1.76. The van der Waals surface area contributed by atoms with E-state index < -0.39 is 29.9 Å². The maximum atomic E-state index is 12.4. The molecule has 1 aromatic carbocycles. The monoisotopic (exact) mass is 275 g/mol. The number of aliphatic hydroxyl groups excluding tert-OH is 1. The van der Waals surface area contributed by atoms with Crippen molar-refractivity contribution >= 4 is 11.7 Å². The first-order valence-electron chi connectivity index (χ1n) is 5.64. The van der Waals surface area contributed by atoms with Gasteiger partial charge in [0.05, 0.1) is 11.7 Å². The summed E-state index contributed by atoms with van der Waals surface area (Å²) in [5, 5.41) is 18.5. The summed E-state index contributed by atoms with van der Waals surface area (Å²) in [6.45, 7) is 0.0995. The molecular weight excluding hydrogens is 263 g/mol. The number of hydrogen-bond donors (Lipinski definition) is 2. The molecule has 2 atom stereocenters. The van der Waals surface area contributed by atoms with Crippen LogP contribution in [0.3, 0.4) is 0 Å². The van der Waals surface area contributed by atoms with Gasteiger partial charge in [0.1, 0.15) is 6.04 Å². The minimum Gasteiger partial charge on any atom is -0.480 e. The lowest BCUT2D eigenvalue weighted by molar-refractivity contribution is -0.139. The number of carbonyl (C=O) groups is 1. The fraction of sp³-hybridized carbons (Fsp3) is 0.417. The van der Waals surface area contributed by atoms with Crippen LogP contribution in [0.15, 0.2) is 24.3 Å². The molecule has 0 amide bonds. The molecular formula is C12H12F3NO3. The third kappa shape index (κ3) is 2.81. The molecule has 0 bridgehead atoms. The number of benzene rings is 1. The van der Waals surface area contributed by atoms with E-state index in [0.717, 1.165) is 12.1 Å². The van der Waals surface area contributed by atoms with Crippen LogP contribution in [0.2, 0.25) is 0 Å². The third-order valence-electron chi connectivity index (χ3n) is 3.09. The van der Waals surface area contributed by atoms with Gasteiger partial charge in [-0.1, -0.05) is 0 Å². The highest BCUT2D eigenvalue weighted by atomic mass is 19.4. The van der Waals surface area contributed by atoms with Gasteiger partial charge in [-0.15, -0.1) is 0 Å². The van der Waals surface area contributed by atoms with Crippen LogP contribution in [0, 0.1) is 0 Å². The Morgan fingerprint density at radius 2 is 1.84 bits per heavy atom. The minimum atomic E-state index is -4.42. The number of anilines is 1. The van der Waals surface area contributed by atoms with E-state index in [-0.39, 0.29) is 13.0 Å². The van der Waals surface area contributed by atoms with Crippen molar-refractivity contribution in [3.63, 3.8) is 0 Å². The first-order chi connectivity index (χ1) is 8.79. The minimum absolute atomic E-state index is 0.0658. The summed E-state index contributed by atoms with van der Waals surface area (Å²) in [5.41, 5.74) is -0.431. The number of aliphatic hydroxyl groups is 1. The normalized spacial score (nSPS) is 23.7. The van der Waals surface area contributed by atoms with Crippen molar-refractivity contribution in [1.82, 2.24) is 0 Å². The molecule has 2 unspecified atom stereocenters. The molecule has 19 heavy (non-hydrogen) atoms. The molecule has 1 aromatic rings. The SMILES string of the molecule is O=C(O)C1CC(O)CN1c1ccc(C(F)(F)F)cc1. The summed E-state index contributed by atoms with van der Waals surface area (Å²) in [6.07, 6.45) is -5.14. The Morgan fingerprint density at radius 3 is 2.32 bits per heavy atom. The summed E-state index contributed by atoms with van der Waals surface area (Å²) in [4.78, 5) is 12.4. The van der Waals surface area contributed by atoms with Crippen molar-refractivity contribution < 1.29 is 28.2 Å². The van der Waals surface area contributed by atoms with Gasteiger partial charge in [-0.05, 0) is 24.3 Å². The average Bonchev–Trinajstić information content (AvgIpc) is 2.70. The molecule has 0 radical (unpaired) electrons. The molecule has 0 spiro atoms. The molecule has 0 aromatic heterocycles. The number of carboxylic acids is 1. The van der Waals surface area contributed by atoms with Gasteiger partial charge in [-0.2, -0.15) is 13.2 Å². The molecule has 1 aliphatic heterocycles. The molecule has 1 aliphatic rings. The van der Waals surface area contributed by atoms with E-state index in [9.17, 15) is 23.1 Å². The molecule has 2 rings (SSSR count). The van der Waals surface area contributed by atoms with Gasteiger partial charge in [0.15, 0.2) is 0 Å². The molecule has 4 nitrogen and oxygen atoms in total. The summed E-state index contributed by atoms with van der Waals surface area (Å²) >= 11 is 0. The predicted octanol–water partition coefficient (Wildman–Crippen LogP) is 1.73. The van der Waals surface area contributed by atoms with Crippen molar-refractivity contribution in [2.45, 2.75) is 24.7 Å². The lowest BCUT2D eigenvalue weighted by Gasteiger charge is -2.23. The van der Waals surface area contributed by atoms with Crippen molar-refractivity contribution in [1.29, 1.82) is 0 Å². The Bertz CT molecular complexity index is 472. The maximum absolute atomic E-state index is 12.4. The van der Waals surface area contributed by atoms with Gasteiger partial charge in [0.2, 0.25) is 0 Å². The first kappa shape index (κ1) is 13.7. The Labute approximate surface area is 107 Å². The molecule has 1 fully saturated rings. The van der Waals surface area contributed by atoms with Gasteiger partial charge in [-0.3, -0.25) is 0 Å². The first-order valence-corrected chi connectivity index (χ1v) is 5.64. The number of halogens is 3. The number of rotatable bonds is 2. The van der Waals surface area contributed by atoms with Gasteiger partial charge in [0.25, 0.3) is 0 Å². The zero-order valence-corrected chi connectivity index (χ0v) is 9.76. The highest BCUT2D eigenvalue weighted by Crippen LogP contribution is 2.32. The number of nitrogens with zero attached hydrogens (tertiary/aromatic N) is 1. The quantitative estimate of drug-likeness (QED) is 0.863. The van der Waals surface area contributed by atoms with E-state index >= 15 is 0 Å². The van der Waals surface area contributed by atoms with Crippen LogP contribution in [0.1, 0.15) is 12.0 Å². The lowest BCUT2D eigenvalue weighted by atomic mass is 10.1. The van der Waals surface area contributed by atoms with Gasteiger partial charge >= 0.3 is 12.1 Å². The topological polar surface area (TPSA) is 60.8 Å². The summed E-state index contributed by atoms with van der Waals surface area (Å²) in [7, 11) is 0. The summed E-state index contributed by atoms with van der Waals surface area (Å²) < 4.78 is 37.2. The van der Waals surface area contributed by atoms with Crippen molar-refractivity contribution in [2.24, 2.45) is 0 Å². The number of alkyl halides is 3. The average molecular weight is 275 g/mol. The fourth-order valence-corrected chi connectivity index (χ4v) is 2.18. The number of carboxylic acid groups (broad SMARTS) is 1. The smallest absolute Gasteiger partial charge is 0.416 e. The van der Waals surface area contributed by atoms with Crippen molar-refractivity contribution in [3.8, 4) is 0 Å². The predicted molar refractivity (Wildman–Crippen MR) is 60.8 cm³/mol. The largest absolute Gasteiger partial charge is 0.480 e. The van der Waals surface area contributed by atoms with Crippen LogP contribution >= 0.6 is 0 Å². The van der Waals surface area contributed by atoms with Crippen LogP contribution in [-0.4, -0.2) is 34.9 Å². The van der Waals surface area contributed by atoms with Gasteiger partial charge < -0.3 is 15.1 Å². The van der Waals surface area contributed by atoms with Crippen LogP contribution in [0.25, 0.3) is 0 Å². The molecule has 104 valence electrons. The zero-order chi connectivity index (χ0) is 14.2. The van der Waals surface area contributed by atoms with E-state index in [1.165, 1.54) is 17.0 Å². The second-order valence-corrected chi connectivity index (χ2v) is 4.44.